The fourth-order valence-electron chi connectivity index (χ4n) is 1.07. The Hall–Kier alpha value is -1.05. The molecule has 1 rings (SSSR count). The van der Waals surface area contributed by atoms with Gasteiger partial charge in [0.05, 0.1) is 6.42 Å². The highest BCUT2D eigenvalue weighted by Crippen LogP contribution is 2.20. The molecule has 0 aromatic carbocycles. The van der Waals surface area contributed by atoms with Crippen molar-refractivity contribution in [1.29, 1.82) is 0 Å². The van der Waals surface area contributed by atoms with Gasteiger partial charge in [-0.25, -0.2) is 5.10 Å². The van der Waals surface area contributed by atoms with E-state index < -0.39 is 12.6 Å². The standard InChI is InChI=1S/C7H11F3N4S/c1-13(4-3-7(8,9)10)5-11-12-6(15)14(5)2/h3-4H2,1-2H3,(H,12,15). The van der Waals surface area contributed by atoms with Crippen LogP contribution in [0.5, 0.6) is 0 Å². The second-order valence-corrected chi connectivity index (χ2v) is 3.56. The summed E-state index contributed by atoms with van der Waals surface area (Å²) in [5, 5.41) is 6.33. The molecular formula is C7H11F3N4S. The Morgan fingerprint density at radius 3 is 2.53 bits per heavy atom. The third-order valence-corrected chi connectivity index (χ3v) is 2.29. The van der Waals surface area contributed by atoms with Crippen molar-refractivity contribution in [3.05, 3.63) is 4.77 Å². The number of H-pyrrole nitrogens is 1. The molecule has 0 saturated heterocycles. The molecule has 86 valence electrons. The lowest BCUT2D eigenvalue weighted by Crippen LogP contribution is -2.26. The summed E-state index contributed by atoms with van der Waals surface area (Å²) in [6.07, 6.45) is -5.02. The summed E-state index contributed by atoms with van der Waals surface area (Å²) in [6.45, 7) is -0.142. The number of hydrogen-bond acceptors (Lipinski definition) is 3. The van der Waals surface area contributed by atoms with E-state index in [1.807, 2.05) is 0 Å². The Kier molecular flexibility index (Phi) is 3.38. The summed E-state index contributed by atoms with van der Waals surface area (Å²) in [5.41, 5.74) is 0. The van der Waals surface area contributed by atoms with Gasteiger partial charge in [-0.15, -0.1) is 5.10 Å². The zero-order chi connectivity index (χ0) is 11.6. The number of halogens is 3. The van der Waals surface area contributed by atoms with Gasteiger partial charge in [0.15, 0.2) is 4.77 Å². The quantitative estimate of drug-likeness (QED) is 0.819. The van der Waals surface area contributed by atoms with Crippen molar-refractivity contribution in [2.75, 3.05) is 18.5 Å². The molecule has 0 unspecified atom stereocenters. The van der Waals surface area contributed by atoms with Gasteiger partial charge in [-0.2, -0.15) is 13.2 Å². The molecule has 1 aromatic rings. The van der Waals surface area contributed by atoms with E-state index in [1.54, 1.807) is 7.05 Å². The maximum Gasteiger partial charge on any atom is 0.390 e. The zero-order valence-electron chi connectivity index (χ0n) is 8.30. The van der Waals surface area contributed by atoms with Gasteiger partial charge in [0.1, 0.15) is 0 Å². The van der Waals surface area contributed by atoms with Crippen LogP contribution in [0, 0.1) is 4.77 Å². The first-order valence-electron chi connectivity index (χ1n) is 4.20. The molecule has 0 radical (unpaired) electrons. The summed E-state index contributed by atoms with van der Waals surface area (Å²) in [7, 11) is 3.18. The first kappa shape index (κ1) is 12.0. The van der Waals surface area contributed by atoms with Gasteiger partial charge in [-0.05, 0) is 12.2 Å². The molecule has 0 atom stereocenters. The van der Waals surface area contributed by atoms with Crippen molar-refractivity contribution < 1.29 is 13.2 Å². The Balaban J connectivity index is 2.66. The average molecular weight is 240 g/mol. The van der Waals surface area contributed by atoms with E-state index in [9.17, 15) is 13.2 Å². The van der Waals surface area contributed by atoms with Crippen LogP contribution >= 0.6 is 12.2 Å². The van der Waals surface area contributed by atoms with Crippen LogP contribution in [0.15, 0.2) is 0 Å². The predicted octanol–water partition coefficient (Wildman–Crippen LogP) is 1.87. The molecule has 0 aliphatic carbocycles. The molecule has 0 aliphatic rings. The van der Waals surface area contributed by atoms with Crippen molar-refractivity contribution in [1.82, 2.24) is 14.8 Å². The van der Waals surface area contributed by atoms with Crippen molar-refractivity contribution >= 4 is 18.2 Å². The van der Waals surface area contributed by atoms with Gasteiger partial charge >= 0.3 is 6.18 Å². The average Bonchev–Trinajstić information content (AvgIpc) is 2.43. The third-order valence-electron chi connectivity index (χ3n) is 1.93. The first-order valence-corrected chi connectivity index (χ1v) is 4.61. The molecule has 0 fully saturated rings. The van der Waals surface area contributed by atoms with E-state index in [-0.39, 0.29) is 6.54 Å². The summed E-state index contributed by atoms with van der Waals surface area (Å²) in [5.74, 6) is 0.393. The minimum atomic E-state index is -4.15. The molecule has 0 aliphatic heterocycles. The fraction of sp³-hybridized carbons (Fsp3) is 0.714. The highest BCUT2D eigenvalue weighted by molar-refractivity contribution is 7.71. The van der Waals surface area contributed by atoms with E-state index >= 15 is 0 Å². The predicted molar refractivity (Wildman–Crippen MR) is 52.3 cm³/mol. The Labute approximate surface area is 89.7 Å². The molecule has 0 bridgehead atoms. The molecule has 0 saturated carbocycles. The number of anilines is 1. The van der Waals surface area contributed by atoms with Crippen molar-refractivity contribution in [3.8, 4) is 0 Å². The van der Waals surface area contributed by atoms with Crippen LogP contribution in [-0.4, -0.2) is 34.5 Å². The largest absolute Gasteiger partial charge is 0.390 e. The van der Waals surface area contributed by atoms with Gasteiger partial charge in [-0.3, -0.25) is 4.57 Å². The number of nitrogens with zero attached hydrogens (tertiary/aromatic N) is 3. The van der Waals surface area contributed by atoms with Crippen LogP contribution in [-0.2, 0) is 7.05 Å². The monoisotopic (exact) mass is 240 g/mol. The minimum Gasteiger partial charge on any atom is -0.344 e. The Morgan fingerprint density at radius 1 is 1.53 bits per heavy atom. The van der Waals surface area contributed by atoms with Crippen molar-refractivity contribution in [3.63, 3.8) is 0 Å². The molecule has 1 aromatic heterocycles. The second-order valence-electron chi connectivity index (χ2n) is 3.17. The highest BCUT2D eigenvalue weighted by Gasteiger charge is 2.27. The second kappa shape index (κ2) is 4.21. The Bertz CT molecular complexity index is 380. The summed E-state index contributed by atoms with van der Waals surface area (Å²) in [6, 6.07) is 0. The molecule has 0 amide bonds. The van der Waals surface area contributed by atoms with E-state index in [1.165, 1.54) is 16.5 Å². The molecule has 8 heteroatoms. The number of aromatic nitrogens is 3. The summed E-state index contributed by atoms with van der Waals surface area (Å²) < 4.78 is 37.8. The summed E-state index contributed by atoms with van der Waals surface area (Å²) in [4.78, 5) is 1.40. The van der Waals surface area contributed by atoms with Gasteiger partial charge in [0.2, 0.25) is 5.95 Å². The lowest BCUT2D eigenvalue weighted by Gasteiger charge is -2.18. The van der Waals surface area contributed by atoms with Crippen LogP contribution in [0.2, 0.25) is 0 Å². The van der Waals surface area contributed by atoms with Gasteiger partial charge < -0.3 is 4.90 Å². The topological polar surface area (TPSA) is 36.9 Å². The van der Waals surface area contributed by atoms with Crippen LogP contribution in [0.1, 0.15) is 6.42 Å². The van der Waals surface area contributed by atoms with Gasteiger partial charge in [0.25, 0.3) is 0 Å². The number of alkyl halides is 3. The normalized spacial score (nSPS) is 11.8. The van der Waals surface area contributed by atoms with Crippen LogP contribution in [0.4, 0.5) is 19.1 Å². The Morgan fingerprint density at radius 2 is 2.13 bits per heavy atom. The fourth-order valence-corrected chi connectivity index (χ4v) is 1.20. The molecular weight excluding hydrogens is 229 g/mol. The maximum atomic E-state index is 12.0. The van der Waals surface area contributed by atoms with Crippen LogP contribution in [0.3, 0.4) is 0 Å². The number of aromatic amines is 1. The van der Waals surface area contributed by atoms with Gasteiger partial charge in [0, 0.05) is 20.6 Å². The molecule has 4 nitrogen and oxygen atoms in total. The third kappa shape index (κ3) is 3.22. The molecule has 15 heavy (non-hydrogen) atoms. The highest BCUT2D eigenvalue weighted by atomic mass is 32.1. The van der Waals surface area contributed by atoms with E-state index in [0.29, 0.717) is 10.7 Å². The van der Waals surface area contributed by atoms with Crippen LogP contribution < -0.4 is 4.90 Å². The van der Waals surface area contributed by atoms with Gasteiger partial charge in [-0.1, -0.05) is 0 Å². The molecule has 1 heterocycles. The maximum absolute atomic E-state index is 12.0. The lowest BCUT2D eigenvalue weighted by molar-refractivity contribution is -0.132. The molecule has 1 N–H and O–H groups in total. The number of nitrogens with one attached hydrogen (secondary N) is 1. The lowest BCUT2D eigenvalue weighted by atomic mass is 10.4. The van der Waals surface area contributed by atoms with E-state index in [0.717, 1.165) is 0 Å². The SMILES string of the molecule is CN(CCC(F)(F)F)c1n[nH]c(=S)n1C. The van der Waals surface area contributed by atoms with Crippen LogP contribution in [0.25, 0.3) is 0 Å². The van der Waals surface area contributed by atoms with E-state index in [4.69, 9.17) is 12.2 Å². The first-order chi connectivity index (χ1) is 6.81. The number of hydrogen-bond donors (Lipinski definition) is 1. The van der Waals surface area contributed by atoms with E-state index in [2.05, 4.69) is 10.2 Å². The zero-order valence-corrected chi connectivity index (χ0v) is 9.11. The molecule has 0 spiro atoms. The summed E-state index contributed by atoms with van der Waals surface area (Å²) >= 11 is 4.85. The minimum absolute atomic E-state index is 0.142. The smallest absolute Gasteiger partial charge is 0.344 e. The van der Waals surface area contributed by atoms with Crippen molar-refractivity contribution in [2.24, 2.45) is 7.05 Å². The number of rotatable bonds is 3. The van der Waals surface area contributed by atoms with Crippen molar-refractivity contribution in [2.45, 2.75) is 12.6 Å².